The van der Waals surface area contributed by atoms with E-state index in [0.717, 1.165) is 12.3 Å². The molecule has 74 valence electrons. The number of pyridine rings is 1. The zero-order valence-electron chi connectivity index (χ0n) is 7.06. The number of carbonyl (C=O) groups excluding carboxylic acids is 1. The van der Waals surface area contributed by atoms with E-state index in [1.54, 1.807) is 0 Å². The molecule has 1 aliphatic rings. The molecule has 0 aliphatic heterocycles. The Morgan fingerprint density at radius 2 is 2.00 bits per heavy atom. The SMILES string of the molecule is O=C1CCc2cc(C(F)(F)F)ncc21. The summed E-state index contributed by atoms with van der Waals surface area (Å²) in [7, 11) is 0. The van der Waals surface area contributed by atoms with E-state index in [2.05, 4.69) is 4.98 Å². The third-order valence-electron chi connectivity index (χ3n) is 2.20. The first kappa shape index (κ1) is 9.18. The molecule has 0 atom stereocenters. The van der Waals surface area contributed by atoms with Gasteiger partial charge in [-0.2, -0.15) is 13.2 Å². The van der Waals surface area contributed by atoms with Gasteiger partial charge in [0.15, 0.2) is 5.78 Å². The van der Waals surface area contributed by atoms with Gasteiger partial charge in [-0.3, -0.25) is 9.78 Å². The van der Waals surface area contributed by atoms with Gasteiger partial charge in [-0.25, -0.2) is 0 Å². The van der Waals surface area contributed by atoms with Crippen LogP contribution in [0.25, 0.3) is 0 Å². The average Bonchev–Trinajstić information content (AvgIpc) is 2.46. The van der Waals surface area contributed by atoms with Gasteiger partial charge in [0, 0.05) is 18.2 Å². The number of carbonyl (C=O) groups is 1. The predicted octanol–water partition coefficient (Wildman–Crippen LogP) is 2.23. The summed E-state index contributed by atoms with van der Waals surface area (Å²) in [6.07, 6.45) is -2.73. The van der Waals surface area contributed by atoms with Crippen molar-refractivity contribution in [3.8, 4) is 0 Å². The van der Waals surface area contributed by atoms with Crippen LogP contribution in [0.2, 0.25) is 0 Å². The van der Waals surface area contributed by atoms with E-state index in [1.807, 2.05) is 0 Å². The summed E-state index contributed by atoms with van der Waals surface area (Å²) in [6.45, 7) is 0. The van der Waals surface area contributed by atoms with E-state index in [-0.39, 0.29) is 5.78 Å². The number of hydrogen-bond donors (Lipinski definition) is 0. The van der Waals surface area contributed by atoms with E-state index in [0.29, 0.717) is 24.0 Å². The highest BCUT2D eigenvalue weighted by molar-refractivity contribution is 6.00. The third-order valence-corrected chi connectivity index (χ3v) is 2.20. The second-order valence-corrected chi connectivity index (χ2v) is 3.15. The van der Waals surface area contributed by atoms with Gasteiger partial charge in [-0.05, 0) is 18.1 Å². The van der Waals surface area contributed by atoms with Crippen LogP contribution in [-0.4, -0.2) is 10.8 Å². The lowest BCUT2D eigenvalue weighted by Crippen LogP contribution is -2.09. The maximum Gasteiger partial charge on any atom is 0.433 e. The van der Waals surface area contributed by atoms with Crippen LogP contribution >= 0.6 is 0 Å². The third kappa shape index (κ3) is 1.38. The van der Waals surface area contributed by atoms with Gasteiger partial charge in [-0.15, -0.1) is 0 Å². The van der Waals surface area contributed by atoms with E-state index < -0.39 is 11.9 Å². The van der Waals surface area contributed by atoms with Gasteiger partial charge < -0.3 is 0 Å². The lowest BCUT2D eigenvalue weighted by atomic mass is 10.1. The molecule has 0 fully saturated rings. The maximum absolute atomic E-state index is 12.2. The lowest BCUT2D eigenvalue weighted by Gasteiger charge is -2.06. The number of nitrogens with zero attached hydrogens (tertiary/aromatic N) is 1. The van der Waals surface area contributed by atoms with E-state index >= 15 is 0 Å². The first-order valence-corrected chi connectivity index (χ1v) is 4.08. The standard InChI is InChI=1S/C9H6F3NO/c10-9(11,12)8-3-5-1-2-7(14)6(5)4-13-8/h3-4H,1-2H2. The second-order valence-electron chi connectivity index (χ2n) is 3.15. The number of Topliss-reactive ketones (excluding diaryl/α,β-unsaturated/α-hetero) is 1. The molecule has 1 aliphatic carbocycles. The summed E-state index contributed by atoms with van der Waals surface area (Å²) in [5, 5.41) is 0. The molecule has 0 aromatic carbocycles. The van der Waals surface area contributed by atoms with Gasteiger partial charge in [0.25, 0.3) is 0 Å². The number of halogens is 3. The van der Waals surface area contributed by atoms with Crippen molar-refractivity contribution in [2.24, 2.45) is 0 Å². The molecule has 0 saturated carbocycles. The molecule has 2 rings (SSSR count). The summed E-state index contributed by atoms with van der Waals surface area (Å²) in [5.74, 6) is -0.124. The van der Waals surface area contributed by atoms with Crippen molar-refractivity contribution in [2.45, 2.75) is 19.0 Å². The number of ketones is 1. The van der Waals surface area contributed by atoms with Crippen LogP contribution in [0.4, 0.5) is 13.2 Å². The molecular formula is C9H6F3NO. The Kier molecular flexibility index (Phi) is 1.83. The Morgan fingerprint density at radius 3 is 2.64 bits per heavy atom. The summed E-state index contributed by atoms with van der Waals surface area (Å²) < 4.78 is 36.6. The minimum absolute atomic E-state index is 0.124. The zero-order valence-corrected chi connectivity index (χ0v) is 7.06. The molecule has 1 aromatic rings. The van der Waals surface area contributed by atoms with E-state index in [4.69, 9.17) is 0 Å². The van der Waals surface area contributed by atoms with Crippen LogP contribution in [0.15, 0.2) is 12.3 Å². The highest BCUT2D eigenvalue weighted by Gasteiger charge is 2.34. The van der Waals surface area contributed by atoms with Crippen LogP contribution in [-0.2, 0) is 12.6 Å². The first-order valence-electron chi connectivity index (χ1n) is 4.08. The highest BCUT2D eigenvalue weighted by Crippen LogP contribution is 2.30. The van der Waals surface area contributed by atoms with Gasteiger partial charge in [0.05, 0.1) is 0 Å². The molecule has 14 heavy (non-hydrogen) atoms. The Bertz CT molecular complexity index is 398. The van der Waals surface area contributed by atoms with Gasteiger partial charge in [0.1, 0.15) is 5.69 Å². The Hall–Kier alpha value is -1.39. The lowest BCUT2D eigenvalue weighted by molar-refractivity contribution is -0.141. The fourth-order valence-electron chi connectivity index (χ4n) is 1.49. The van der Waals surface area contributed by atoms with Crippen molar-refractivity contribution in [1.29, 1.82) is 0 Å². The Labute approximate surface area is 77.8 Å². The molecule has 1 heterocycles. The molecule has 0 saturated heterocycles. The fourth-order valence-corrected chi connectivity index (χ4v) is 1.49. The van der Waals surface area contributed by atoms with Crippen molar-refractivity contribution in [1.82, 2.24) is 4.98 Å². The van der Waals surface area contributed by atoms with Gasteiger partial charge >= 0.3 is 6.18 Å². The monoisotopic (exact) mass is 201 g/mol. The van der Waals surface area contributed by atoms with Crippen LogP contribution < -0.4 is 0 Å². The molecular weight excluding hydrogens is 195 g/mol. The largest absolute Gasteiger partial charge is 0.433 e. The normalized spacial score (nSPS) is 15.8. The van der Waals surface area contributed by atoms with Crippen LogP contribution in [0.1, 0.15) is 28.0 Å². The predicted molar refractivity (Wildman–Crippen MR) is 41.9 cm³/mol. The minimum atomic E-state index is -4.43. The number of hydrogen-bond acceptors (Lipinski definition) is 2. The molecule has 1 aromatic heterocycles. The van der Waals surface area contributed by atoms with Crippen molar-refractivity contribution in [2.75, 3.05) is 0 Å². The van der Waals surface area contributed by atoms with Gasteiger partial charge in [0.2, 0.25) is 0 Å². The van der Waals surface area contributed by atoms with E-state index in [9.17, 15) is 18.0 Å². The zero-order chi connectivity index (χ0) is 10.3. The summed E-state index contributed by atoms with van der Waals surface area (Å²) in [5.41, 5.74) is -0.138. The number of alkyl halides is 3. The molecule has 0 bridgehead atoms. The molecule has 0 unspecified atom stereocenters. The molecule has 0 N–H and O–H groups in total. The van der Waals surface area contributed by atoms with Crippen molar-refractivity contribution < 1.29 is 18.0 Å². The molecule has 0 spiro atoms. The smallest absolute Gasteiger partial charge is 0.294 e. The Balaban J connectivity index is 2.47. The Morgan fingerprint density at radius 1 is 1.29 bits per heavy atom. The average molecular weight is 201 g/mol. The molecule has 0 amide bonds. The molecule has 0 radical (unpaired) electrons. The van der Waals surface area contributed by atoms with Crippen molar-refractivity contribution in [3.05, 3.63) is 29.1 Å². The molecule has 5 heteroatoms. The molecule has 2 nitrogen and oxygen atoms in total. The van der Waals surface area contributed by atoms with Crippen molar-refractivity contribution >= 4 is 5.78 Å². The topological polar surface area (TPSA) is 30.0 Å². The van der Waals surface area contributed by atoms with Crippen LogP contribution in [0, 0.1) is 0 Å². The van der Waals surface area contributed by atoms with Crippen molar-refractivity contribution in [3.63, 3.8) is 0 Å². The number of aromatic nitrogens is 1. The minimum Gasteiger partial charge on any atom is -0.294 e. The van der Waals surface area contributed by atoms with Gasteiger partial charge in [-0.1, -0.05) is 0 Å². The number of fused-ring (bicyclic) bond motifs is 1. The number of aryl methyl sites for hydroxylation is 1. The summed E-state index contributed by atoms with van der Waals surface area (Å²) in [6, 6.07) is 0.959. The summed E-state index contributed by atoms with van der Waals surface area (Å²) in [4.78, 5) is 14.3. The second kappa shape index (κ2) is 2.80. The first-order chi connectivity index (χ1) is 6.48. The summed E-state index contributed by atoms with van der Waals surface area (Å²) >= 11 is 0. The quantitative estimate of drug-likeness (QED) is 0.644. The fraction of sp³-hybridized carbons (Fsp3) is 0.333. The highest BCUT2D eigenvalue weighted by atomic mass is 19.4. The van der Waals surface area contributed by atoms with Crippen LogP contribution in [0.3, 0.4) is 0 Å². The van der Waals surface area contributed by atoms with Crippen LogP contribution in [0.5, 0.6) is 0 Å². The number of rotatable bonds is 0. The van der Waals surface area contributed by atoms with E-state index in [1.165, 1.54) is 0 Å². The maximum atomic E-state index is 12.2.